The second-order valence-electron chi connectivity index (χ2n) is 7.58. The minimum Gasteiger partial charge on any atom is -0.455 e. The number of amides is 1. The number of thiazole rings is 1. The van der Waals surface area contributed by atoms with E-state index in [4.69, 9.17) is 4.74 Å². The van der Waals surface area contributed by atoms with E-state index in [-0.39, 0.29) is 12.5 Å². The SMILES string of the molecule is CC(=O)N(c1ccccc1)c1nc(COC(=O)c2c(C)nn(Cc3ccccc3)c2C)cs1. The highest BCUT2D eigenvalue weighted by atomic mass is 32.1. The first-order valence-electron chi connectivity index (χ1n) is 10.5. The molecule has 2 aromatic carbocycles. The molecule has 0 saturated carbocycles. The lowest BCUT2D eigenvalue weighted by Gasteiger charge is -2.17. The van der Waals surface area contributed by atoms with E-state index in [1.807, 2.05) is 72.3 Å². The standard InChI is InChI=1S/C25H24N4O3S/c1-17-23(18(2)28(27-17)14-20-10-6-4-7-11-20)24(31)32-15-21-16-33-25(26-21)29(19(3)30)22-12-8-5-9-13-22/h4-13,16H,14-15H2,1-3H3. The molecule has 1 amide bonds. The summed E-state index contributed by atoms with van der Waals surface area (Å²) in [6, 6.07) is 19.3. The number of nitrogens with zero attached hydrogens (tertiary/aromatic N) is 4. The van der Waals surface area contributed by atoms with E-state index >= 15 is 0 Å². The van der Waals surface area contributed by atoms with Gasteiger partial charge in [0.25, 0.3) is 0 Å². The van der Waals surface area contributed by atoms with Crippen molar-refractivity contribution in [3.63, 3.8) is 0 Å². The Balaban J connectivity index is 1.46. The van der Waals surface area contributed by atoms with Crippen molar-refractivity contribution in [1.29, 1.82) is 0 Å². The van der Waals surface area contributed by atoms with E-state index in [2.05, 4.69) is 10.1 Å². The maximum Gasteiger partial charge on any atom is 0.342 e. The number of aromatic nitrogens is 3. The van der Waals surface area contributed by atoms with Crippen molar-refractivity contribution in [2.75, 3.05) is 4.90 Å². The first-order valence-corrected chi connectivity index (χ1v) is 11.4. The Labute approximate surface area is 196 Å². The number of carbonyl (C=O) groups is 2. The highest BCUT2D eigenvalue weighted by Gasteiger charge is 2.22. The normalized spacial score (nSPS) is 10.8. The second kappa shape index (κ2) is 9.79. The first-order chi connectivity index (χ1) is 15.9. The highest BCUT2D eigenvalue weighted by Crippen LogP contribution is 2.29. The molecule has 0 aliphatic rings. The van der Waals surface area contributed by atoms with Gasteiger partial charge in [-0.05, 0) is 31.5 Å². The van der Waals surface area contributed by atoms with E-state index in [1.54, 1.807) is 12.3 Å². The number of anilines is 2. The van der Waals surface area contributed by atoms with Crippen LogP contribution >= 0.6 is 11.3 Å². The molecule has 0 fully saturated rings. The number of aryl methyl sites for hydroxylation is 1. The van der Waals surface area contributed by atoms with Crippen molar-refractivity contribution >= 4 is 34.0 Å². The molecule has 33 heavy (non-hydrogen) atoms. The third kappa shape index (κ3) is 5.01. The lowest BCUT2D eigenvalue weighted by atomic mass is 10.2. The van der Waals surface area contributed by atoms with Crippen LogP contribution in [0, 0.1) is 13.8 Å². The zero-order valence-corrected chi connectivity index (χ0v) is 19.5. The third-order valence-corrected chi connectivity index (χ3v) is 6.05. The fraction of sp³-hybridized carbons (Fsp3) is 0.200. The molecule has 168 valence electrons. The molecule has 8 heteroatoms. The highest BCUT2D eigenvalue weighted by molar-refractivity contribution is 7.14. The number of hydrogen-bond donors (Lipinski definition) is 0. The maximum absolute atomic E-state index is 12.8. The van der Waals surface area contributed by atoms with Crippen molar-refractivity contribution in [2.45, 2.75) is 33.9 Å². The number of hydrogen-bond acceptors (Lipinski definition) is 6. The summed E-state index contributed by atoms with van der Waals surface area (Å²) in [6.07, 6.45) is 0. The number of carbonyl (C=O) groups excluding carboxylic acids is 2. The monoisotopic (exact) mass is 460 g/mol. The zero-order valence-electron chi connectivity index (χ0n) is 18.7. The predicted molar refractivity (Wildman–Crippen MR) is 128 cm³/mol. The van der Waals surface area contributed by atoms with Crippen molar-refractivity contribution < 1.29 is 14.3 Å². The van der Waals surface area contributed by atoms with Crippen LogP contribution < -0.4 is 4.90 Å². The van der Waals surface area contributed by atoms with Crippen LogP contribution in [0.3, 0.4) is 0 Å². The molecule has 0 atom stereocenters. The van der Waals surface area contributed by atoms with E-state index in [1.165, 1.54) is 23.2 Å². The van der Waals surface area contributed by atoms with Crippen LogP contribution in [-0.2, 0) is 22.7 Å². The number of para-hydroxylation sites is 1. The van der Waals surface area contributed by atoms with Crippen LogP contribution in [0.25, 0.3) is 0 Å². The number of esters is 1. The summed E-state index contributed by atoms with van der Waals surface area (Å²) in [5, 5.41) is 6.84. The third-order valence-electron chi connectivity index (χ3n) is 5.17. The largest absolute Gasteiger partial charge is 0.455 e. The molecule has 0 unspecified atom stereocenters. The molecule has 2 heterocycles. The van der Waals surface area contributed by atoms with Gasteiger partial charge in [0.1, 0.15) is 12.2 Å². The fourth-order valence-corrected chi connectivity index (χ4v) is 4.46. The van der Waals surface area contributed by atoms with Gasteiger partial charge in [-0.3, -0.25) is 14.4 Å². The van der Waals surface area contributed by atoms with E-state index in [9.17, 15) is 9.59 Å². The van der Waals surface area contributed by atoms with Crippen LogP contribution in [-0.4, -0.2) is 26.6 Å². The number of benzene rings is 2. The van der Waals surface area contributed by atoms with Gasteiger partial charge in [-0.25, -0.2) is 9.78 Å². The molecular formula is C25H24N4O3S. The summed E-state index contributed by atoms with van der Waals surface area (Å²) in [5.41, 5.74) is 4.27. The molecule has 4 rings (SSSR count). The Bertz CT molecular complexity index is 1270. The van der Waals surface area contributed by atoms with Gasteiger partial charge in [0, 0.05) is 12.3 Å². The molecule has 7 nitrogen and oxygen atoms in total. The van der Waals surface area contributed by atoms with Gasteiger partial charge in [0.2, 0.25) is 5.91 Å². The average Bonchev–Trinajstić information content (AvgIpc) is 3.37. The molecule has 0 radical (unpaired) electrons. The van der Waals surface area contributed by atoms with Crippen molar-refractivity contribution in [2.24, 2.45) is 0 Å². The Kier molecular flexibility index (Phi) is 6.65. The molecule has 0 spiro atoms. The minimum atomic E-state index is -0.439. The van der Waals surface area contributed by atoms with E-state index < -0.39 is 5.97 Å². The first kappa shape index (κ1) is 22.4. The predicted octanol–water partition coefficient (Wildman–Crippen LogP) is 5.05. The second-order valence-corrected chi connectivity index (χ2v) is 8.41. The van der Waals surface area contributed by atoms with Gasteiger partial charge in [-0.1, -0.05) is 48.5 Å². The average molecular weight is 461 g/mol. The Hall–Kier alpha value is -3.78. The Morgan fingerprint density at radius 3 is 2.36 bits per heavy atom. The van der Waals surface area contributed by atoms with Gasteiger partial charge in [0.15, 0.2) is 5.13 Å². The summed E-state index contributed by atoms with van der Waals surface area (Å²) in [7, 11) is 0. The smallest absolute Gasteiger partial charge is 0.342 e. The lowest BCUT2D eigenvalue weighted by Crippen LogP contribution is -2.22. The van der Waals surface area contributed by atoms with Crippen LogP contribution in [0.1, 0.15) is 39.9 Å². The minimum absolute atomic E-state index is 0.0125. The number of ether oxygens (including phenoxy) is 1. The van der Waals surface area contributed by atoms with Crippen LogP contribution in [0.5, 0.6) is 0 Å². The Morgan fingerprint density at radius 1 is 1.03 bits per heavy atom. The van der Waals surface area contributed by atoms with Crippen molar-refractivity contribution in [3.8, 4) is 0 Å². The summed E-state index contributed by atoms with van der Waals surface area (Å²) in [5.74, 6) is -0.582. The van der Waals surface area contributed by atoms with Gasteiger partial charge in [-0.15, -0.1) is 11.3 Å². The van der Waals surface area contributed by atoms with Crippen LogP contribution in [0.15, 0.2) is 66.0 Å². The fourth-order valence-electron chi connectivity index (χ4n) is 3.58. The molecule has 0 N–H and O–H groups in total. The van der Waals surface area contributed by atoms with Gasteiger partial charge in [0.05, 0.1) is 29.3 Å². The Morgan fingerprint density at radius 2 is 1.70 bits per heavy atom. The van der Waals surface area contributed by atoms with Crippen LogP contribution in [0.2, 0.25) is 0 Å². The van der Waals surface area contributed by atoms with E-state index in [0.29, 0.717) is 28.6 Å². The zero-order chi connectivity index (χ0) is 23.4. The topological polar surface area (TPSA) is 77.3 Å². The van der Waals surface area contributed by atoms with Gasteiger partial charge in [-0.2, -0.15) is 5.10 Å². The maximum atomic E-state index is 12.8. The summed E-state index contributed by atoms with van der Waals surface area (Å²) < 4.78 is 7.36. The summed E-state index contributed by atoms with van der Waals surface area (Å²) in [4.78, 5) is 31.1. The molecule has 2 aromatic heterocycles. The molecule has 0 bridgehead atoms. The molecular weight excluding hydrogens is 436 g/mol. The molecule has 0 saturated heterocycles. The molecule has 0 aliphatic heterocycles. The summed E-state index contributed by atoms with van der Waals surface area (Å²) in [6.45, 7) is 5.75. The molecule has 0 aliphatic carbocycles. The molecule has 4 aromatic rings. The lowest BCUT2D eigenvalue weighted by molar-refractivity contribution is -0.115. The van der Waals surface area contributed by atoms with Gasteiger partial charge < -0.3 is 4.74 Å². The quantitative estimate of drug-likeness (QED) is 0.361. The number of rotatable bonds is 7. The van der Waals surface area contributed by atoms with E-state index in [0.717, 1.165) is 16.9 Å². The van der Waals surface area contributed by atoms with Gasteiger partial charge >= 0.3 is 5.97 Å². The summed E-state index contributed by atoms with van der Waals surface area (Å²) >= 11 is 1.33. The van der Waals surface area contributed by atoms with Crippen molar-refractivity contribution in [3.05, 3.63) is 94.3 Å². The van der Waals surface area contributed by atoms with Crippen molar-refractivity contribution in [1.82, 2.24) is 14.8 Å². The van der Waals surface area contributed by atoms with Crippen LogP contribution in [0.4, 0.5) is 10.8 Å².